The summed E-state index contributed by atoms with van der Waals surface area (Å²) in [6.45, 7) is 5.93. The van der Waals surface area contributed by atoms with Gasteiger partial charge in [0.15, 0.2) is 0 Å². The van der Waals surface area contributed by atoms with Crippen LogP contribution in [0.4, 0.5) is 4.39 Å². The molecule has 2 atom stereocenters. The van der Waals surface area contributed by atoms with Crippen molar-refractivity contribution in [2.24, 2.45) is 0 Å². The van der Waals surface area contributed by atoms with E-state index in [2.05, 4.69) is 30.7 Å². The fraction of sp³-hybridized carbons (Fsp3) is 0.387. The maximum atomic E-state index is 15.3. The average Bonchev–Trinajstić information content (AvgIpc) is 3.52. The number of methoxy groups -OCH3 is 1. The van der Waals surface area contributed by atoms with Gasteiger partial charge in [0.05, 0.1) is 20.1 Å². The summed E-state index contributed by atoms with van der Waals surface area (Å²) in [6, 6.07) is 13.2. The molecular weight excluding hydrogens is 517 g/mol. The lowest BCUT2D eigenvalue weighted by molar-refractivity contribution is -0.141. The summed E-state index contributed by atoms with van der Waals surface area (Å²) < 4.78 is 41.3. The Labute approximate surface area is 233 Å². The summed E-state index contributed by atoms with van der Waals surface area (Å²) in [5, 5.41) is 0. The van der Waals surface area contributed by atoms with Gasteiger partial charge in [0.25, 0.3) is 0 Å². The zero-order valence-electron chi connectivity index (χ0n) is 22.8. The molecule has 0 aromatic heterocycles. The summed E-state index contributed by atoms with van der Waals surface area (Å²) >= 11 is 1.57. The quantitative estimate of drug-likeness (QED) is 0.176. The van der Waals surface area contributed by atoms with Crippen molar-refractivity contribution in [1.29, 1.82) is 0 Å². The average molecular weight is 552 g/mol. The molecule has 0 radical (unpaired) electrons. The summed E-state index contributed by atoms with van der Waals surface area (Å²) in [4.78, 5) is 11.7. The number of aryl methyl sites for hydroxylation is 2. The molecule has 2 aliphatic rings. The van der Waals surface area contributed by atoms with E-state index in [4.69, 9.17) is 18.9 Å². The minimum absolute atomic E-state index is 0.0380. The van der Waals surface area contributed by atoms with E-state index in [1.54, 1.807) is 18.0 Å². The highest BCUT2D eigenvalue weighted by Crippen LogP contribution is 2.45. The molecule has 0 amide bonds. The standard InChI is InChI=1S/C31H34FNO5S/c1-18-13-22(36-12-11-33-39-4)14-19(2)30(18)24-7-9-26(32)31-25(24)8-10-27(31)38-21-5-6-23-20(15-29(34)35-3)17-37-28(23)16-21/h5-7,9,13-14,16,20,27,33H,8,10-12,15,17H2,1-4H3/t20-,27-/m1/s1. The molecule has 1 aliphatic heterocycles. The van der Waals surface area contributed by atoms with E-state index in [0.29, 0.717) is 36.7 Å². The molecule has 3 aromatic carbocycles. The number of rotatable bonds is 10. The van der Waals surface area contributed by atoms with Crippen LogP contribution in [0.3, 0.4) is 0 Å². The summed E-state index contributed by atoms with van der Waals surface area (Å²) in [7, 11) is 1.39. The number of hydrogen-bond donors (Lipinski definition) is 1. The molecule has 3 aromatic rings. The van der Waals surface area contributed by atoms with Crippen LogP contribution in [0.5, 0.6) is 17.2 Å². The van der Waals surface area contributed by atoms with Crippen LogP contribution in [0.1, 0.15) is 52.7 Å². The van der Waals surface area contributed by atoms with Crippen LogP contribution >= 0.6 is 11.9 Å². The lowest BCUT2D eigenvalue weighted by Crippen LogP contribution is -2.14. The van der Waals surface area contributed by atoms with Gasteiger partial charge in [-0.25, -0.2) is 4.39 Å². The van der Waals surface area contributed by atoms with Crippen LogP contribution in [-0.2, 0) is 16.0 Å². The maximum Gasteiger partial charge on any atom is 0.306 e. The second-order valence-corrected chi connectivity index (χ2v) is 10.7. The van der Waals surface area contributed by atoms with Gasteiger partial charge in [0, 0.05) is 29.7 Å². The van der Waals surface area contributed by atoms with E-state index in [1.165, 1.54) is 7.11 Å². The first-order valence-corrected chi connectivity index (χ1v) is 14.4. The summed E-state index contributed by atoms with van der Waals surface area (Å²) in [6.07, 6.45) is 3.29. The molecule has 1 aliphatic carbocycles. The first-order valence-electron chi connectivity index (χ1n) is 13.2. The van der Waals surface area contributed by atoms with Gasteiger partial charge in [-0.3, -0.25) is 9.52 Å². The molecule has 0 fully saturated rings. The van der Waals surface area contributed by atoms with Crippen LogP contribution in [0.25, 0.3) is 11.1 Å². The van der Waals surface area contributed by atoms with Crippen molar-refractivity contribution in [3.63, 3.8) is 0 Å². The lowest BCUT2D eigenvalue weighted by atomic mass is 9.90. The molecular formula is C31H34FNO5S. The van der Waals surface area contributed by atoms with E-state index in [-0.39, 0.29) is 24.1 Å². The van der Waals surface area contributed by atoms with Gasteiger partial charge in [-0.15, -0.1) is 0 Å². The Balaban J connectivity index is 1.37. The van der Waals surface area contributed by atoms with E-state index >= 15 is 4.39 Å². The number of hydrogen-bond acceptors (Lipinski definition) is 7. The molecule has 5 rings (SSSR count). The van der Waals surface area contributed by atoms with Gasteiger partial charge >= 0.3 is 5.97 Å². The number of halogens is 1. The molecule has 6 nitrogen and oxygen atoms in total. The van der Waals surface area contributed by atoms with Crippen molar-refractivity contribution >= 4 is 17.9 Å². The molecule has 1 heterocycles. The van der Waals surface area contributed by atoms with Gasteiger partial charge in [-0.2, -0.15) is 0 Å². The Hall–Kier alpha value is -3.23. The second kappa shape index (κ2) is 11.9. The SMILES string of the molecule is COC(=O)C[C@@H]1COc2cc(O[C@@H]3CCc4c(-c5c(C)cc(OCCNSC)cc5C)ccc(F)c43)ccc21. The Morgan fingerprint density at radius 3 is 2.67 bits per heavy atom. The molecule has 1 N–H and O–H groups in total. The third-order valence-electron chi connectivity index (χ3n) is 7.46. The van der Waals surface area contributed by atoms with Gasteiger partial charge in [-0.1, -0.05) is 24.1 Å². The Kier molecular flexibility index (Phi) is 8.33. The molecule has 0 saturated carbocycles. The van der Waals surface area contributed by atoms with Crippen molar-refractivity contribution in [1.82, 2.24) is 4.72 Å². The summed E-state index contributed by atoms with van der Waals surface area (Å²) in [5.41, 5.74) is 6.94. The fourth-order valence-electron chi connectivity index (χ4n) is 5.72. The number of ether oxygens (including phenoxy) is 4. The van der Waals surface area contributed by atoms with E-state index < -0.39 is 6.10 Å². The van der Waals surface area contributed by atoms with E-state index in [0.717, 1.165) is 52.1 Å². The summed E-state index contributed by atoms with van der Waals surface area (Å²) in [5.74, 6) is 1.62. The Bertz CT molecular complexity index is 1350. The molecule has 0 unspecified atom stereocenters. The first kappa shape index (κ1) is 27.3. The Morgan fingerprint density at radius 1 is 1.13 bits per heavy atom. The predicted molar refractivity (Wildman–Crippen MR) is 151 cm³/mol. The van der Waals surface area contributed by atoms with Crippen LogP contribution in [-0.4, -0.2) is 39.1 Å². The van der Waals surface area contributed by atoms with Crippen molar-refractivity contribution in [2.45, 2.75) is 45.1 Å². The third-order valence-corrected chi connectivity index (χ3v) is 7.95. The number of esters is 1. The third kappa shape index (κ3) is 5.72. The highest BCUT2D eigenvalue weighted by molar-refractivity contribution is 7.96. The first-order chi connectivity index (χ1) is 18.9. The lowest BCUT2D eigenvalue weighted by Gasteiger charge is -2.19. The largest absolute Gasteiger partial charge is 0.492 e. The molecule has 0 saturated heterocycles. The molecule has 0 bridgehead atoms. The predicted octanol–water partition coefficient (Wildman–Crippen LogP) is 6.46. The molecule has 39 heavy (non-hydrogen) atoms. The highest BCUT2D eigenvalue weighted by atomic mass is 32.2. The van der Waals surface area contributed by atoms with Crippen LogP contribution in [0.15, 0.2) is 42.5 Å². The zero-order valence-corrected chi connectivity index (χ0v) is 23.6. The van der Waals surface area contributed by atoms with Crippen molar-refractivity contribution in [3.05, 3.63) is 76.1 Å². The number of carbonyl (C=O) groups is 1. The van der Waals surface area contributed by atoms with Crippen molar-refractivity contribution in [3.8, 4) is 28.4 Å². The number of fused-ring (bicyclic) bond motifs is 2. The molecule has 8 heteroatoms. The van der Waals surface area contributed by atoms with Crippen molar-refractivity contribution < 1.29 is 28.1 Å². The second-order valence-electron chi connectivity index (χ2n) is 10.00. The minimum Gasteiger partial charge on any atom is -0.492 e. The highest BCUT2D eigenvalue weighted by Gasteiger charge is 2.32. The Morgan fingerprint density at radius 2 is 1.92 bits per heavy atom. The molecule has 0 spiro atoms. The topological polar surface area (TPSA) is 66.0 Å². The van der Waals surface area contributed by atoms with E-state index in [1.807, 2.05) is 30.5 Å². The van der Waals surface area contributed by atoms with Crippen LogP contribution in [0, 0.1) is 19.7 Å². The van der Waals surface area contributed by atoms with Crippen molar-refractivity contribution in [2.75, 3.05) is 33.1 Å². The van der Waals surface area contributed by atoms with Crippen LogP contribution < -0.4 is 18.9 Å². The number of nitrogens with one attached hydrogen (secondary N) is 1. The smallest absolute Gasteiger partial charge is 0.306 e. The maximum absolute atomic E-state index is 15.3. The normalized spacial score (nSPS) is 17.4. The van der Waals surface area contributed by atoms with E-state index in [9.17, 15) is 4.79 Å². The van der Waals surface area contributed by atoms with Crippen LogP contribution in [0.2, 0.25) is 0 Å². The van der Waals surface area contributed by atoms with Gasteiger partial charge in [0.1, 0.15) is 35.8 Å². The number of benzene rings is 3. The zero-order chi connectivity index (χ0) is 27.5. The molecule has 206 valence electrons. The minimum atomic E-state index is -0.391. The fourth-order valence-corrected chi connectivity index (χ4v) is 6.01. The number of carbonyl (C=O) groups excluding carboxylic acids is 1. The monoisotopic (exact) mass is 551 g/mol. The van der Waals surface area contributed by atoms with Gasteiger partial charge in [0.2, 0.25) is 0 Å². The van der Waals surface area contributed by atoms with Gasteiger partial charge < -0.3 is 18.9 Å². The van der Waals surface area contributed by atoms with Gasteiger partial charge in [-0.05, 0) is 85.0 Å².